The summed E-state index contributed by atoms with van der Waals surface area (Å²) >= 11 is 0. The lowest BCUT2D eigenvalue weighted by atomic mass is 10.3. The van der Waals surface area contributed by atoms with E-state index >= 15 is 0 Å². The third-order valence-corrected chi connectivity index (χ3v) is 1.82. The summed E-state index contributed by atoms with van der Waals surface area (Å²) in [5.41, 5.74) is 5.23. The fourth-order valence-corrected chi connectivity index (χ4v) is 0.973. The minimum atomic E-state index is -4.63. The van der Waals surface area contributed by atoms with Crippen molar-refractivity contribution in [1.29, 1.82) is 0 Å². The Hall–Kier alpha value is -0.790. The monoisotopic (exact) mass is 240 g/mol. The van der Waals surface area contributed by atoms with Crippen LogP contribution in [0.5, 0.6) is 0 Å². The first-order chi connectivity index (χ1) is 6.76. The molecular formula is C6H13N2O6P. The maximum atomic E-state index is 11.1. The van der Waals surface area contributed by atoms with Crippen LogP contribution in [-0.2, 0) is 18.7 Å². The van der Waals surface area contributed by atoms with Gasteiger partial charge in [-0.1, -0.05) is 0 Å². The maximum Gasteiger partial charge on any atom is 0.469 e. The van der Waals surface area contributed by atoms with Gasteiger partial charge in [0.05, 0.1) is 12.6 Å². The van der Waals surface area contributed by atoms with Crippen molar-refractivity contribution < 1.29 is 28.5 Å². The number of phosphoric ester groups is 1. The van der Waals surface area contributed by atoms with Crippen LogP contribution >= 0.6 is 7.82 Å². The first-order valence-corrected chi connectivity index (χ1v) is 5.50. The van der Waals surface area contributed by atoms with Crippen molar-refractivity contribution in [3.63, 3.8) is 0 Å². The van der Waals surface area contributed by atoms with Crippen LogP contribution in [0.25, 0.3) is 0 Å². The smallest absolute Gasteiger partial charge is 0.345 e. The van der Waals surface area contributed by atoms with Crippen LogP contribution in [0.3, 0.4) is 0 Å². The van der Waals surface area contributed by atoms with Crippen LogP contribution in [0.2, 0.25) is 0 Å². The Morgan fingerprint density at radius 3 is 2.60 bits per heavy atom. The van der Waals surface area contributed by atoms with E-state index in [0.29, 0.717) is 6.29 Å². The van der Waals surface area contributed by atoms with E-state index in [1.54, 1.807) is 0 Å². The van der Waals surface area contributed by atoms with Gasteiger partial charge in [-0.15, -0.1) is 0 Å². The molecule has 8 nitrogen and oxygen atoms in total. The van der Waals surface area contributed by atoms with Gasteiger partial charge < -0.3 is 25.6 Å². The molecule has 88 valence electrons. The molecule has 0 aliphatic heterocycles. The van der Waals surface area contributed by atoms with Gasteiger partial charge >= 0.3 is 7.82 Å². The Balaban J connectivity index is 4.00. The summed E-state index contributed by atoms with van der Waals surface area (Å²) in [7, 11) is -4.63. The van der Waals surface area contributed by atoms with Crippen molar-refractivity contribution in [3.8, 4) is 0 Å². The standard InChI is InChI=1S/C6H13N2O6P/c1-4(2-9)8-6(10)5(7)3-14-15(11,12)13/h2,4-5H,3,7H2,1H3,(H,8,10)(H2,11,12,13)/t4-,5-/m0/s1. The van der Waals surface area contributed by atoms with Crippen LogP contribution in [0.1, 0.15) is 6.92 Å². The molecule has 0 aromatic rings. The molecule has 0 saturated carbocycles. The van der Waals surface area contributed by atoms with Gasteiger partial charge in [0.2, 0.25) is 5.91 Å². The van der Waals surface area contributed by atoms with Crippen LogP contribution < -0.4 is 11.1 Å². The molecule has 9 heteroatoms. The fourth-order valence-electron chi connectivity index (χ4n) is 0.619. The number of carbonyl (C=O) groups is 2. The van der Waals surface area contributed by atoms with Crippen molar-refractivity contribution in [2.75, 3.05) is 6.61 Å². The lowest BCUT2D eigenvalue weighted by Gasteiger charge is -2.14. The number of amides is 1. The topological polar surface area (TPSA) is 139 Å². The van der Waals surface area contributed by atoms with Crippen molar-refractivity contribution in [2.45, 2.75) is 19.0 Å². The summed E-state index contributed by atoms with van der Waals surface area (Å²) in [4.78, 5) is 37.9. The molecule has 0 aromatic heterocycles. The van der Waals surface area contributed by atoms with Crippen LogP contribution in [-0.4, -0.2) is 40.7 Å². The maximum absolute atomic E-state index is 11.1. The van der Waals surface area contributed by atoms with Gasteiger partial charge in [0.25, 0.3) is 0 Å². The highest BCUT2D eigenvalue weighted by atomic mass is 31.2. The normalized spacial score (nSPS) is 15.5. The summed E-state index contributed by atoms with van der Waals surface area (Å²) in [6.07, 6.45) is 0.495. The zero-order valence-corrected chi connectivity index (χ0v) is 8.89. The van der Waals surface area contributed by atoms with Gasteiger partial charge in [-0.2, -0.15) is 0 Å². The molecule has 0 spiro atoms. The summed E-state index contributed by atoms with van der Waals surface area (Å²) in [5, 5.41) is 2.20. The zero-order valence-electron chi connectivity index (χ0n) is 7.99. The van der Waals surface area contributed by atoms with E-state index in [1.165, 1.54) is 6.92 Å². The van der Waals surface area contributed by atoms with Gasteiger partial charge in [-0.3, -0.25) is 9.32 Å². The van der Waals surface area contributed by atoms with Crippen LogP contribution in [0.4, 0.5) is 0 Å². The molecule has 0 radical (unpaired) electrons. The van der Waals surface area contributed by atoms with E-state index in [-0.39, 0.29) is 0 Å². The Morgan fingerprint density at radius 1 is 1.67 bits per heavy atom. The summed E-state index contributed by atoms with van der Waals surface area (Å²) in [5.74, 6) is -0.719. The predicted octanol–water partition coefficient (Wildman–Crippen LogP) is -1.87. The quantitative estimate of drug-likeness (QED) is 0.315. The average Bonchev–Trinajstić information content (AvgIpc) is 2.12. The van der Waals surface area contributed by atoms with Crippen molar-refractivity contribution in [2.24, 2.45) is 5.73 Å². The van der Waals surface area contributed by atoms with E-state index in [2.05, 4.69) is 9.84 Å². The highest BCUT2D eigenvalue weighted by Gasteiger charge is 2.21. The molecule has 0 heterocycles. The minimum Gasteiger partial charge on any atom is -0.345 e. The number of aldehydes is 1. The number of rotatable bonds is 6. The van der Waals surface area contributed by atoms with Gasteiger partial charge in [0, 0.05) is 0 Å². The van der Waals surface area contributed by atoms with Crippen LogP contribution in [0, 0.1) is 0 Å². The molecule has 2 atom stereocenters. The molecule has 0 rings (SSSR count). The molecule has 0 bridgehead atoms. The summed E-state index contributed by atoms with van der Waals surface area (Å²) in [6, 6.07) is -1.95. The second-order valence-corrected chi connectivity index (χ2v) is 4.07. The number of hydrogen-bond donors (Lipinski definition) is 4. The Bertz CT molecular complexity index is 277. The lowest BCUT2D eigenvalue weighted by molar-refractivity contribution is -0.125. The molecule has 0 saturated heterocycles. The molecule has 0 aliphatic rings. The summed E-state index contributed by atoms with van der Waals surface area (Å²) < 4.78 is 14.3. The van der Waals surface area contributed by atoms with E-state index in [1.807, 2.05) is 0 Å². The fraction of sp³-hybridized carbons (Fsp3) is 0.667. The number of nitrogens with one attached hydrogen (secondary N) is 1. The number of phosphoric acid groups is 1. The molecule has 15 heavy (non-hydrogen) atoms. The third-order valence-electron chi connectivity index (χ3n) is 1.33. The number of nitrogens with two attached hydrogens (primary N) is 1. The van der Waals surface area contributed by atoms with Gasteiger partial charge in [-0.25, -0.2) is 4.57 Å². The van der Waals surface area contributed by atoms with E-state index in [0.717, 1.165) is 0 Å². The second-order valence-electron chi connectivity index (χ2n) is 2.83. The van der Waals surface area contributed by atoms with Crippen molar-refractivity contribution in [3.05, 3.63) is 0 Å². The minimum absolute atomic E-state index is 0.495. The third kappa shape index (κ3) is 7.18. The van der Waals surface area contributed by atoms with E-state index in [4.69, 9.17) is 15.5 Å². The number of carbonyl (C=O) groups excluding carboxylic acids is 2. The molecule has 1 amide bonds. The Labute approximate surface area is 86.0 Å². The first kappa shape index (κ1) is 14.2. The lowest BCUT2D eigenvalue weighted by Crippen LogP contribution is -2.47. The summed E-state index contributed by atoms with van der Waals surface area (Å²) in [6.45, 7) is 0.809. The Morgan fingerprint density at radius 2 is 2.20 bits per heavy atom. The van der Waals surface area contributed by atoms with E-state index in [9.17, 15) is 14.2 Å². The SMILES string of the molecule is C[C@@H](C=O)NC(=O)[C@@H](N)COP(=O)(O)O. The molecular weight excluding hydrogens is 227 g/mol. The van der Waals surface area contributed by atoms with Crippen molar-refractivity contribution in [1.82, 2.24) is 5.32 Å². The zero-order chi connectivity index (χ0) is 12.1. The number of hydrogen-bond acceptors (Lipinski definition) is 5. The first-order valence-electron chi connectivity index (χ1n) is 3.97. The molecule has 0 fully saturated rings. The van der Waals surface area contributed by atoms with Gasteiger partial charge in [0.15, 0.2) is 0 Å². The highest BCUT2D eigenvalue weighted by molar-refractivity contribution is 7.46. The Kier molecular flexibility index (Phi) is 5.63. The van der Waals surface area contributed by atoms with Crippen molar-refractivity contribution >= 4 is 20.0 Å². The molecule has 5 N–H and O–H groups in total. The molecule has 0 aromatic carbocycles. The van der Waals surface area contributed by atoms with Gasteiger partial charge in [0.1, 0.15) is 12.3 Å². The van der Waals surface area contributed by atoms with E-state index < -0.39 is 32.4 Å². The van der Waals surface area contributed by atoms with Gasteiger partial charge in [-0.05, 0) is 6.92 Å². The average molecular weight is 240 g/mol. The molecule has 0 aliphatic carbocycles. The predicted molar refractivity (Wildman–Crippen MR) is 49.6 cm³/mol. The highest BCUT2D eigenvalue weighted by Crippen LogP contribution is 2.35. The van der Waals surface area contributed by atoms with Crippen LogP contribution in [0.15, 0.2) is 0 Å². The largest absolute Gasteiger partial charge is 0.469 e. The second kappa shape index (κ2) is 5.94. The molecule has 0 unspecified atom stereocenters.